The van der Waals surface area contributed by atoms with Crippen molar-refractivity contribution in [3.05, 3.63) is 52.5 Å². The molecule has 0 fully saturated rings. The second-order valence-corrected chi connectivity index (χ2v) is 6.13. The van der Waals surface area contributed by atoms with E-state index in [0.29, 0.717) is 29.7 Å². The summed E-state index contributed by atoms with van der Waals surface area (Å²) in [7, 11) is 0. The first-order valence-electron chi connectivity index (χ1n) is 7.45. The predicted octanol–water partition coefficient (Wildman–Crippen LogP) is 4.26. The molecular weight excluding hydrogens is 333 g/mol. The van der Waals surface area contributed by atoms with Gasteiger partial charge in [-0.15, -0.1) is 0 Å². The number of hydrogen-bond acceptors (Lipinski definition) is 3. The Labute approximate surface area is 144 Å². The zero-order chi connectivity index (χ0) is 16.2. The Morgan fingerprint density at radius 1 is 0.870 bits per heavy atom. The highest BCUT2D eigenvalue weighted by atomic mass is 35.5. The molecule has 0 spiro atoms. The van der Waals surface area contributed by atoms with Gasteiger partial charge in [-0.1, -0.05) is 23.2 Å². The summed E-state index contributed by atoms with van der Waals surface area (Å²) in [5.74, 6) is 0.830. The monoisotopic (exact) mass is 349 g/mol. The number of aliphatic hydroxyl groups is 1. The molecule has 0 aliphatic heterocycles. The molecule has 0 aromatic heterocycles. The molecule has 0 atom stereocenters. The summed E-state index contributed by atoms with van der Waals surface area (Å²) in [6.07, 6.45) is 0. The fourth-order valence-electron chi connectivity index (χ4n) is 2.62. The lowest BCUT2D eigenvalue weighted by atomic mass is 10.0. The van der Waals surface area contributed by atoms with E-state index in [4.69, 9.17) is 33.0 Å². The summed E-state index contributed by atoms with van der Waals surface area (Å²) in [6.45, 7) is 1.86. The van der Waals surface area contributed by atoms with Crippen molar-refractivity contribution in [3.63, 3.8) is 0 Å². The van der Waals surface area contributed by atoms with Gasteiger partial charge in [-0.2, -0.15) is 0 Å². The van der Waals surface area contributed by atoms with Crippen LogP contribution in [0.2, 0.25) is 10.0 Å². The van der Waals surface area contributed by atoms with Gasteiger partial charge in [-0.05, 0) is 53.2 Å². The Morgan fingerprint density at radius 3 is 2.04 bits per heavy atom. The molecule has 5 heteroatoms. The van der Waals surface area contributed by atoms with Crippen LogP contribution in [0.4, 0.5) is 0 Å². The molecule has 0 radical (unpaired) electrons. The fraction of sp³-hybridized carbons (Fsp3) is 0.222. The lowest BCUT2D eigenvalue weighted by Gasteiger charge is -2.14. The molecule has 0 amide bonds. The minimum Gasteiger partial charge on any atom is -0.491 e. The van der Waals surface area contributed by atoms with Gasteiger partial charge >= 0.3 is 0 Å². The molecule has 3 rings (SSSR count). The van der Waals surface area contributed by atoms with E-state index in [1.807, 2.05) is 36.4 Å². The summed E-state index contributed by atoms with van der Waals surface area (Å²) >= 11 is 12.2. The zero-order valence-corrected chi connectivity index (χ0v) is 14.0. The van der Waals surface area contributed by atoms with Gasteiger partial charge in [-0.3, -0.25) is 0 Å². The first-order valence-corrected chi connectivity index (χ1v) is 8.20. The van der Waals surface area contributed by atoms with Gasteiger partial charge in [0.1, 0.15) is 12.4 Å². The maximum Gasteiger partial charge on any atom is 0.135 e. The van der Waals surface area contributed by atoms with Gasteiger partial charge in [0.15, 0.2) is 0 Å². The minimum absolute atomic E-state index is 0.119. The largest absolute Gasteiger partial charge is 0.491 e. The number of hydrogen-bond donors (Lipinski definition) is 2. The van der Waals surface area contributed by atoms with Crippen molar-refractivity contribution in [2.24, 2.45) is 0 Å². The normalized spacial score (nSPS) is 11.3. The van der Waals surface area contributed by atoms with Gasteiger partial charge in [0, 0.05) is 33.9 Å². The van der Waals surface area contributed by atoms with Crippen LogP contribution in [0.1, 0.15) is 0 Å². The number of rotatable bonds is 6. The molecule has 3 aromatic carbocycles. The van der Waals surface area contributed by atoms with Crippen LogP contribution in [0.3, 0.4) is 0 Å². The maximum absolute atomic E-state index is 8.79. The molecule has 2 N–H and O–H groups in total. The van der Waals surface area contributed by atoms with Crippen LogP contribution in [-0.4, -0.2) is 31.4 Å². The van der Waals surface area contributed by atoms with Gasteiger partial charge < -0.3 is 15.2 Å². The summed E-state index contributed by atoms with van der Waals surface area (Å²) in [5, 5.41) is 17.3. The number of halogens is 2. The molecule has 120 valence electrons. The molecule has 3 nitrogen and oxygen atoms in total. The molecule has 0 bridgehead atoms. The Kier molecular flexibility index (Phi) is 5.23. The molecule has 0 aliphatic rings. The third-order valence-electron chi connectivity index (χ3n) is 3.64. The van der Waals surface area contributed by atoms with Crippen LogP contribution in [0, 0.1) is 0 Å². The van der Waals surface area contributed by atoms with Crippen LogP contribution in [-0.2, 0) is 0 Å². The molecule has 23 heavy (non-hydrogen) atoms. The third-order valence-corrected chi connectivity index (χ3v) is 4.11. The van der Waals surface area contributed by atoms with Crippen LogP contribution in [0.25, 0.3) is 21.5 Å². The van der Waals surface area contributed by atoms with Gasteiger partial charge in [0.2, 0.25) is 0 Å². The molecule has 0 saturated carbocycles. The van der Waals surface area contributed by atoms with Gasteiger partial charge in [0.05, 0.1) is 6.61 Å². The highest BCUT2D eigenvalue weighted by Crippen LogP contribution is 2.37. The number of benzene rings is 3. The molecule has 3 aromatic rings. The van der Waals surface area contributed by atoms with E-state index in [0.717, 1.165) is 27.3 Å². The molecular formula is C18H17Cl2NO2. The van der Waals surface area contributed by atoms with E-state index in [1.54, 1.807) is 0 Å². The van der Waals surface area contributed by atoms with Crippen molar-refractivity contribution in [1.82, 2.24) is 5.32 Å². The van der Waals surface area contributed by atoms with Crippen LogP contribution in [0.15, 0.2) is 42.5 Å². The smallest absolute Gasteiger partial charge is 0.135 e. The molecule has 0 heterocycles. The second kappa shape index (κ2) is 7.37. The number of aliphatic hydroxyl groups excluding tert-OH is 1. The molecule has 0 saturated heterocycles. The van der Waals surface area contributed by atoms with Gasteiger partial charge in [-0.25, -0.2) is 0 Å². The van der Waals surface area contributed by atoms with Crippen molar-refractivity contribution in [1.29, 1.82) is 0 Å². The quantitative estimate of drug-likeness (QED) is 0.516. The molecule has 0 aliphatic carbocycles. The predicted molar refractivity (Wildman–Crippen MR) is 96.9 cm³/mol. The number of ether oxygens (including phenoxy) is 1. The second-order valence-electron chi connectivity index (χ2n) is 5.26. The first kappa shape index (κ1) is 16.3. The minimum atomic E-state index is 0.119. The van der Waals surface area contributed by atoms with Crippen LogP contribution >= 0.6 is 23.2 Å². The van der Waals surface area contributed by atoms with Gasteiger partial charge in [0.25, 0.3) is 0 Å². The number of nitrogens with one attached hydrogen (secondary N) is 1. The zero-order valence-electron chi connectivity index (χ0n) is 12.5. The highest BCUT2D eigenvalue weighted by molar-refractivity contribution is 6.32. The third kappa shape index (κ3) is 3.70. The van der Waals surface area contributed by atoms with Crippen LogP contribution < -0.4 is 10.1 Å². The SMILES string of the molecule is OCCNCCOc1c2ccc(Cl)cc2cc2cc(Cl)ccc12. The summed E-state index contributed by atoms with van der Waals surface area (Å²) in [6, 6.07) is 13.6. The van der Waals surface area contributed by atoms with E-state index < -0.39 is 0 Å². The summed E-state index contributed by atoms with van der Waals surface area (Å²) < 4.78 is 6.03. The topological polar surface area (TPSA) is 41.5 Å². The van der Waals surface area contributed by atoms with E-state index in [-0.39, 0.29) is 6.61 Å². The summed E-state index contributed by atoms with van der Waals surface area (Å²) in [4.78, 5) is 0. The van der Waals surface area contributed by atoms with Crippen molar-refractivity contribution in [2.75, 3.05) is 26.3 Å². The van der Waals surface area contributed by atoms with E-state index >= 15 is 0 Å². The van der Waals surface area contributed by atoms with Crippen molar-refractivity contribution < 1.29 is 9.84 Å². The van der Waals surface area contributed by atoms with E-state index in [1.165, 1.54) is 0 Å². The summed E-state index contributed by atoms with van der Waals surface area (Å²) in [5.41, 5.74) is 0. The lowest BCUT2D eigenvalue weighted by molar-refractivity contribution is 0.277. The van der Waals surface area contributed by atoms with E-state index in [9.17, 15) is 0 Å². The van der Waals surface area contributed by atoms with Crippen molar-refractivity contribution in [3.8, 4) is 5.75 Å². The standard InChI is InChI=1S/C18H17Cl2NO2/c19-14-1-3-16-12(10-14)9-13-11-15(20)2-4-17(13)18(16)23-8-6-21-5-7-22/h1-4,9-11,21-22H,5-8H2. The average molecular weight is 350 g/mol. The Hall–Kier alpha value is -1.52. The fourth-order valence-corrected chi connectivity index (χ4v) is 2.98. The Balaban J connectivity index is 2.03. The first-order chi connectivity index (χ1) is 11.2. The average Bonchev–Trinajstić information content (AvgIpc) is 2.53. The maximum atomic E-state index is 8.79. The Bertz CT molecular complexity index is 776. The molecule has 0 unspecified atom stereocenters. The Morgan fingerprint density at radius 2 is 1.48 bits per heavy atom. The lowest BCUT2D eigenvalue weighted by Crippen LogP contribution is -2.24. The van der Waals surface area contributed by atoms with Crippen molar-refractivity contribution in [2.45, 2.75) is 0 Å². The highest BCUT2D eigenvalue weighted by Gasteiger charge is 2.10. The van der Waals surface area contributed by atoms with E-state index in [2.05, 4.69) is 11.4 Å². The number of fused-ring (bicyclic) bond motifs is 2. The van der Waals surface area contributed by atoms with Crippen LogP contribution in [0.5, 0.6) is 5.75 Å². The van der Waals surface area contributed by atoms with Crippen molar-refractivity contribution >= 4 is 44.7 Å².